The minimum atomic E-state index is -1.43. The van der Waals surface area contributed by atoms with E-state index in [0.717, 1.165) is 6.20 Å². The van der Waals surface area contributed by atoms with Gasteiger partial charge in [0.1, 0.15) is 23.1 Å². The summed E-state index contributed by atoms with van der Waals surface area (Å²) in [5.74, 6) is -1.10. The molecule has 0 aliphatic rings. The zero-order valence-corrected chi connectivity index (χ0v) is 23.3. The number of likely N-dealkylation sites (N-methyl/N-ethyl adjacent to an activating group) is 1. The van der Waals surface area contributed by atoms with E-state index in [1.54, 1.807) is 14.1 Å². The van der Waals surface area contributed by atoms with Gasteiger partial charge in [0.15, 0.2) is 5.82 Å². The molecule has 4 N–H and O–H groups in total. The summed E-state index contributed by atoms with van der Waals surface area (Å²) >= 11 is 6.21. The van der Waals surface area contributed by atoms with Gasteiger partial charge in [-0.3, -0.25) is 19.4 Å². The Morgan fingerprint density at radius 3 is 2.67 bits per heavy atom. The number of imidazole rings is 1. The van der Waals surface area contributed by atoms with Crippen LogP contribution in [0.5, 0.6) is 0 Å². The molecule has 0 aliphatic carbocycles. The van der Waals surface area contributed by atoms with Gasteiger partial charge in [0, 0.05) is 20.3 Å². The number of H-pyrrole nitrogens is 1. The van der Waals surface area contributed by atoms with Crippen LogP contribution in [-0.2, 0) is 22.6 Å². The summed E-state index contributed by atoms with van der Waals surface area (Å²) in [7, 11) is 3.17. The molecule has 0 fully saturated rings. The van der Waals surface area contributed by atoms with E-state index < -0.39 is 29.4 Å². The van der Waals surface area contributed by atoms with Crippen molar-refractivity contribution < 1.29 is 23.9 Å². The molecule has 0 aliphatic heterocycles. The number of amides is 3. The number of nitrogens with zero attached hydrogens (tertiary/aromatic N) is 4. The third-order valence-electron chi connectivity index (χ3n) is 5.77. The number of fused-ring (bicyclic) bond motifs is 1. The summed E-state index contributed by atoms with van der Waals surface area (Å²) in [6.45, 7) is 3.91. The number of nitrogens with one attached hydrogen (secondary N) is 3. The van der Waals surface area contributed by atoms with Crippen molar-refractivity contribution in [2.75, 3.05) is 19.4 Å². The molecule has 0 bridgehead atoms. The number of hydrogen-bond acceptors (Lipinski definition) is 6. The van der Waals surface area contributed by atoms with Crippen LogP contribution in [0.2, 0.25) is 5.02 Å². The van der Waals surface area contributed by atoms with Gasteiger partial charge < -0.3 is 30.2 Å². The zero-order valence-electron chi connectivity index (χ0n) is 22.5. The van der Waals surface area contributed by atoms with E-state index in [2.05, 4.69) is 25.6 Å². The predicted octanol–water partition coefficient (Wildman–Crippen LogP) is 3.16. The highest BCUT2D eigenvalue weighted by Gasteiger charge is 2.22. The van der Waals surface area contributed by atoms with Gasteiger partial charge in [-0.05, 0) is 37.3 Å². The third-order valence-corrected chi connectivity index (χ3v) is 5.98. The monoisotopic (exact) mass is 575 g/mol. The van der Waals surface area contributed by atoms with Crippen molar-refractivity contribution >= 4 is 46.2 Å². The van der Waals surface area contributed by atoms with Gasteiger partial charge in [-0.1, -0.05) is 31.5 Å². The lowest BCUT2D eigenvalue weighted by Crippen LogP contribution is -2.44. The van der Waals surface area contributed by atoms with Gasteiger partial charge >= 0.3 is 6.09 Å². The fourth-order valence-electron chi connectivity index (χ4n) is 3.88. The number of carbonyl (C=O) groups is 3. The Morgan fingerprint density at radius 2 is 2.02 bits per heavy atom. The fraction of sp³-hybridized carbons (Fsp3) is 0.385. The molecular weight excluding hydrogens is 545 g/mol. The first kappa shape index (κ1) is 30.3. The molecule has 40 heavy (non-hydrogen) atoms. The van der Waals surface area contributed by atoms with Crippen LogP contribution >= 0.6 is 11.6 Å². The SMILES string of the molecule is CC(C)Cc1ncc(F)c2nc(Cn3cc(Cl)cc(NC(=O)[C@H](CC/C=C/C(=O)N(C)C)NC(=O)O)c3=O)[nH]c12. The van der Waals surface area contributed by atoms with E-state index in [9.17, 15) is 28.7 Å². The van der Waals surface area contributed by atoms with Crippen molar-refractivity contribution in [2.45, 2.75) is 45.7 Å². The number of halogens is 2. The Labute approximate surface area is 234 Å². The molecule has 12 nitrogen and oxygen atoms in total. The van der Waals surface area contributed by atoms with Crippen molar-refractivity contribution in [3.05, 3.63) is 63.3 Å². The Kier molecular flexibility index (Phi) is 9.99. The molecule has 0 aromatic carbocycles. The quantitative estimate of drug-likeness (QED) is 0.255. The second-order valence-corrected chi connectivity index (χ2v) is 10.2. The molecule has 0 radical (unpaired) electrons. The fourth-order valence-corrected chi connectivity index (χ4v) is 4.11. The number of rotatable bonds is 11. The lowest BCUT2D eigenvalue weighted by atomic mass is 10.1. The molecule has 214 valence electrons. The molecule has 3 amide bonds. The van der Waals surface area contributed by atoms with Crippen LogP contribution in [0, 0.1) is 11.7 Å². The zero-order chi connectivity index (χ0) is 29.6. The van der Waals surface area contributed by atoms with Crippen molar-refractivity contribution in [3.63, 3.8) is 0 Å². The number of pyridine rings is 2. The number of carboxylic acid groups (broad SMARTS) is 1. The first-order chi connectivity index (χ1) is 18.8. The van der Waals surface area contributed by atoms with Gasteiger partial charge in [0.25, 0.3) is 5.56 Å². The van der Waals surface area contributed by atoms with Crippen LogP contribution in [0.25, 0.3) is 11.0 Å². The smallest absolute Gasteiger partial charge is 0.405 e. The Balaban J connectivity index is 1.82. The molecule has 0 saturated heterocycles. The molecule has 3 aromatic rings. The molecular formula is C26H31ClFN7O5. The van der Waals surface area contributed by atoms with Gasteiger partial charge in [0.2, 0.25) is 11.8 Å². The van der Waals surface area contributed by atoms with Crippen LogP contribution in [0.3, 0.4) is 0 Å². The summed E-state index contributed by atoms with van der Waals surface area (Å²) in [5.41, 5.74) is 0.376. The minimum Gasteiger partial charge on any atom is -0.465 e. The average molecular weight is 576 g/mol. The number of allylic oxidation sites excluding steroid dienone is 1. The van der Waals surface area contributed by atoms with E-state index in [-0.39, 0.29) is 53.3 Å². The van der Waals surface area contributed by atoms with Crippen LogP contribution in [0.1, 0.15) is 38.2 Å². The van der Waals surface area contributed by atoms with E-state index in [1.807, 2.05) is 13.8 Å². The van der Waals surface area contributed by atoms with Crippen LogP contribution in [-0.4, -0.2) is 67.6 Å². The normalized spacial score (nSPS) is 12.2. The number of aromatic amines is 1. The molecule has 0 saturated carbocycles. The molecule has 3 heterocycles. The summed E-state index contributed by atoms with van der Waals surface area (Å²) < 4.78 is 15.6. The topological polar surface area (TPSA) is 162 Å². The van der Waals surface area contributed by atoms with Crippen molar-refractivity contribution in [3.8, 4) is 0 Å². The lowest BCUT2D eigenvalue weighted by Gasteiger charge is -2.16. The molecule has 1 atom stereocenters. The lowest BCUT2D eigenvalue weighted by molar-refractivity contribution is -0.123. The van der Waals surface area contributed by atoms with E-state index in [0.29, 0.717) is 17.6 Å². The van der Waals surface area contributed by atoms with Gasteiger partial charge in [-0.15, -0.1) is 0 Å². The van der Waals surface area contributed by atoms with E-state index >= 15 is 0 Å². The summed E-state index contributed by atoms with van der Waals surface area (Å²) in [5, 5.41) is 13.8. The first-order valence-corrected chi connectivity index (χ1v) is 12.8. The molecule has 14 heteroatoms. The number of carbonyl (C=O) groups excluding carboxylic acids is 2. The maximum absolute atomic E-state index is 14.4. The summed E-state index contributed by atoms with van der Waals surface area (Å²) in [6, 6.07) is 0.0306. The van der Waals surface area contributed by atoms with Gasteiger partial charge in [0.05, 0.1) is 29.0 Å². The van der Waals surface area contributed by atoms with E-state index in [4.69, 9.17) is 11.6 Å². The van der Waals surface area contributed by atoms with Gasteiger partial charge in [-0.2, -0.15) is 0 Å². The molecule has 3 aromatic heterocycles. The number of anilines is 1. The van der Waals surface area contributed by atoms with Gasteiger partial charge in [-0.25, -0.2) is 14.2 Å². The average Bonchev–Trinajstić information content (AvgIpc) is 3.29. The minimum absolute atomic E-state index is 0.0292. The highest BCUT2D eigenvalue weighted by atomic mass is 35.5. The van der Waals surface area contributed by atoms with Crippen LogP contribution < -0.4 is 16.2 Å². The van der Waals surface area contributed by atoms with Crippen molar-refractivity contribution in [2.24, 2.45) is 5.92 Å². The maximum Gasteiger partial charge on any atom is 0.405 e. The number of hydrogen-bond donors (Lipinski definition) is 4. The van der Waals surface area contributed by atoms with Crippen LogP contribution in [0.4, 0.5) is 14.9 Å². The third kappa shape index (κ3) is 7.88. The molecule has 3 rings (SSSR count). The highest BCUT2D eigenvalue weighted by molar-refractivity contribution is 6.30. The largest absolute Gasteiger partial charge is 0.465 e. The molecule has 0 spiro atoms. The second-order valence-electron chi connectivity index (χ2n) is 9.77. The highest BCUT2D eigenvalue weighted by Crippen LogP contribution is 2.21. The Hall–Kier alpha value is -4.26. The summed E-state index contributed by atoms with van der Waals surface area (Å²) in [4.78, 5) is 61.9. The maximum atomic E-state index is 14.4. The van der Waals surface area contributed by atoms with Crippen molar-refractivity contribution in [1.29, 1.82) is 0 Å². The second kappa shape index (κ2) is 13.2. The Morgan fingerprint density at radius 1 is 1.30 bits per heavy atom. The predicted molar refractivity (Wildman–Crippen MR) is 148 cm³/mol. The van der Waals surface area contributed by atoms with E-state index in [1.165, 1.54) is 33.9 Å². The molecule has 0 unspecified atom stereocenters. The first-order valence-electron chi connectivity index (χ1n) is 12.5. The standard InChI is InChI=1S/C26H31ClFN7O5/c1-14(2)9-18-23-22(16(28)11-29-18)32-20(33-23)13-35-12-15(27)10-19(25(35)38)30-24(37)17(31-26(39)40)7-5-6-8-21(36)34(3)4/h6,8,10-12,14,17,31H,5,7,9,13H2,1-4H3,(H,30,37)(H,32,33)(H,39,40)/b8-6+/t17-/m0/s1. The number of aromatic nitrogens is 4. The summed E-state index contributed by atoms with van der Waals surface area (Å²) in [6.07, 6.45) is 4.71. The Bertz CT molecular complexity index is 1500. The van der Waals surface area contributed by atoms with Crippen LogP contribution in [0.15, 0.2) is 35.4 Å². The van der Waals surface area contributed by atoms with Crippen molar-refractivity contribution in [1.82, 2.24) is 29.7 Å².